The molecule has 2 aliphatic heterocycles. The van der Waals surface area contributed by atoms with E-state index in [0.29, 0.717) is 50.5 Å². The van der Waals surface area contributed by atoms with Crippen LogP contribution in [0.5, 0.6) is 11.6 Å². The highest BCUT2D eigenvalue weighted by Crippen LogP contribution is 2.39. The fourth-order valence-electron chi connectivity index (χ4n) is 5.05. The standard InChI is InChI=1S/C25H29N7O4/c1-17(33)30-9-7-25(8-10-30)16-31(24(34)32(25)15-18-5-4-6-20(11-18)35-2)23-26-14-21(22(29-23)36-3)19-12-27-28-13-19/h4-6,11-14H,7-10,15-16H2,1-3H3,(H,27,28). The van der Waals surface area contributed by atoms with Crippen LogP contribution >= 0.6 is 0 Å². The number of ether oxygens (including phenoxy) is 2. The van der Waals surface area contributed by atoms with Crippen LogP contribution in [0.2, 0.25) is 0 Å². The molecule has 5 rings (SSSR count). The maximum absolute atomic E-state index is 13.9. The maximum Gasteiger partial charge on any atom is 0.327 e. The van der Waals surface area contributed by atoms with Crippen molar-refractivity contribution in [1.29, 1.82) is 0 Å². The first-order valence-corrected chi connectivity index (χ1v) is 11.8. The molecule has 2 aromatic heterocycles. The number of likely N-dealkylation sites (tertiary alicyclic amines) is 1. The van der Waals surface area contributed by atoms with E-state index >= 15 is 0 Å². The summed E-state index contributed by atoms with van der Waals surface area (Å²) in [5.74, 6) is 1.43. The topological polar surface area (TPSA) is 117 Å². The van der Waals surface area contributed by atoms with Crippen LogP contribution < -0.4 is 14.4 Å². The lowest BCUT2D eigenvalue weighted by Crippen LogP contribution is -2.54. The number of methoxy groups -OCH3 is 2. The molecule has 0 bridgehead atoms. The second kappa shape index (κ2) is 9.48. The Morgan fingerprint density at radius 2 is 1.97 bits per heavy atom. The number of carbonyl (C=O) groups excluding carboxylic acids is 2. The van der Waals surface area contributed by atoms with E-state index in [1.165, 1.54) is 7.11 Å². The van der Waals surface area contributed by atoms with E-state index in [1.807, 2.05) is 34.1 Å². The third-order valence-corrected chi connectivity index (χ3v) is 7.09. The van der Waals surface area contributed by atoms with Gasteiger partial charge in [0, 0.05) is 44.5 Å². The number of carbonyl (C=O) groups is 2. The molecule has 3 amide bonds. The van der Waals surface area contributed by atoms with Crippen molar-refractivity contribution in [3.8, 4) is 22.8 Å². The first-order chi connectivity index (χ1) is 17.4. The molecule has 0 unspecified atom stereocenters. The van der Waals surface area contributed by atoms with Crippen molar-refractivity contribution in [1.82, 2.24) is 30.0 Å². The van der Waals surface area contributed by atoms with Crippen molar-refractivity contribution in [2.24, 2.45) is 0 Å². The Bertz CT molecular complexity index is 1260. The van der Waals surface area contributed by atoms with Crippen molar-refractivity contribution >= 4 is 17.9 Å². The summed E-state index contributed by atoms with van der Waals surface area (Å²) in [6.45, 7) is 3.61. The SMILES string of the molecule is COc1cccc(CN2C(=O)N(c3ncc(-c4cn[nH]c4)c(OC)n3)CC23CCN(C(C)=O)CC3)c1. The fourth-order valence-corrected chi connectivity index (χ4v) is 5.05. The molecule has 2 fully saturated rings. The van der Waals surface area contributed by atoms with Crippen molar-refractivity contribution in [2.45, 2.75) is 31.8 Å². The molecule has 0 saturated carbocycles. The van der Waals surface area contributed by atoms with Gasteiger partial charge in [-0.2, -0.15) is 10.1 Å². The minimum Gasteiger partial charge on any atom is -0.497 e. The number of anilines is 1. The zero-order chi connectivity index (χ0) is 25.3. The molecule has 1 N–H and O–H groups in total. The van der Waals surface area contributed by atoms with Crippen molar-refractivity contribution in [3.05, 3.63) is 48.4 Å². The molecule has 1 spiro atoms. The van der Waals surface area contributed by atoms with Gasteiger partial charge in [-0.25, -0.2) is 9.78 Å². The van der Waals surface area contributed by atoms with E-state index < -0.39 is 5.54 Å². The number of aromatic amines is 1. The first kappa shape index (κ1) is 23.6. The number of nitrogens with zero attached hydrogens (tertiary/aromatic N) is 6. The van der Waals surface area contributed by atoms with E-state index in [2.05, 4.69) is 20.2 Å². The molecule has 11 nitrogen and oxygen atoms in total. The number of H-pyrrole nitrogens is 1. The second-order valence-electron chi connectivity index (χ2n) is 9.12. The van der Waals surface area contributed by atoms with Crippen LogP contribution in [0.4, 0.5) is 10.7 Å². The summed E-state index contributed by atoms with van der Waals surface area (Å²) in [5.41, 5.74) is 1.98. The highest BCUT2D eigenvalue weighted by Gasteiger charge is 2.52. The van der Waals surface area contributed by atoms with Gasteiger partial charge in [-0.1, -0.05) is 12.1 Å². The summed E-state index contributed by atoms with van der Waals surface area (Å²) in [4.78, 5) is 40.3. The van der Waals surface area contributed by atoms with E-state index in [-0.39, 0.29) is 17.9 Å². The van der Waals surface area contributed by atoms with Crippen molar-refractivity contribution in [3.63, 3.8) is 0 Å². The Morgan fingerprint density at radius 1 is 1.17 bits per heavy atom. The van der Waals surface area contributed by atoms with Gasteiger partial charge >= 0.3 is 6.03 Å². The summed E-state index contributed by atoms with van der Waals surface area (Å²) in [5, 5.41) is 6.75. The van der Waals surface area contributed by atoms with Gasteiger partial charge < -0.3 is 19.3 Å². The summed E-state index contributed by atoms with van der Waals surface area (Å²) >= 11 is 0. The minimum absolute atomic E-state index is 0.0493. The fraction of sp³-hybridized carbons (Fsp3) is 0.400. The molecule has 36 heavy (non-hydrogen) atoms. The van der Waals surface area contributed by atoms with E-state index in [1.54, 1.807) is 37.5 Å². The number of benzene rings is 1. The van der Waals surface area contributed by atoms with Gasteiger partial charge in [-0.15, -0.1) is 0 Å². The maximum atomic E-state index is 13.9. The lowest BCUT2D eigenvalue weighted by Gasteiger charge is -2.43. The van der Waals surface area contributed by atoms with Crippen LogP contribution in [0.3, 0.4) is 0 Å². The molecule has 188 valence electrons. The molecule has 0 radical (unpaired) electrons. The first-order valence-electron chi connectivity index (χ1n) is 11.8. The molecule has 2 saturated heterocycles. The zero-order valence-corrected chi connectivity index (χ0v) is 20.6. The van der Waals surface area contributed by atoms with Gasteiger partial charge in [-0.05, 0) is 30.5 Å². The van der Waals surface area contributed by atoms with Crippen LogP contribution in [0.25, 0.3) is 11.1 Å². The van der Waals surface area contributed by atoms with Gasteiger partial charge in [0.2, 0.25) is 17.7 Å². The normalized spacial score (nSPS) is 17.1. The molecule has 2 aliphatic rings. The predicted molar refractivity (Wildman–Crippen MR) is 132 cm³/mol. The number of hydrogen-bond acceptors (Lipinski definition) is 7. The Kier molecular flexibility index (Phi) is 6.21. The van der Waals surface area contributed by atoms with Gasteiger partial charge in [0.1, 0.15) is 5.75 Å². The Balaban J connectivity index is 1.48. The van der Waals surface area contributed by atoms with Gasteiger partial charge in [0.15, 0.2) is 0 Å². The minimum atomic E-state index is -0.452. The smallest absolute Gasteiger partial charge is 0.327 e. The van der Waals surface area contributed by atoms with Gasteiger partial charge in [-0.3, -0.25) is 14.8 Å². The number of urea groups is 1. The number of rotatable bonds is 6. The van der Waals surface area contributed by atoms with Crippen molar-refractivity contribution in [2.75, 3.05) is 38.8 Å². The van der Waals surface area contributed by atoms with Gasteiger partial charge in [0.05, 0.1) is 38.1 Å². The third kappa shape index (κ3) is 4.21. The Hall–Kier alpha value is -4.15. The summed E-state index contributed by atoms with van der Waals surface area (Å²) < 4.78 is 10.9. The predicted octanol–water partition coefficient (Wildman–Crippen LogP) is 2.71. The molecular weight excluding hydrogens is 462 g/mol. The lowest BCUT2D eigenvalue weighted by molar-refractivity contribution is -0.131. The lowest BCUT2D eigenvalue weighted by atomic mass is 9.86. The average Bonchev–Trinajstić information content (AvgIpc) is 3.52. The van der Waals surface area contributed by atoms with Crippen LogP contribution in [-0.4, -0.2) is 81.3 Å². The van der Waals surface area contributed by atoms with E-state index in [9.17, 15) is 9.59 Å². The monoisotopic (exact) mass is 491 g/mol. The Morgan fingerprint density at radius 3 is 2.64 bits per heavy atom. The van der Waals surface area contributed by atoms with Crippen LogP contribution in [0.15, 0.2) is 42.9 Å². The summed E-state index contributed by atoms with van der Waals surface area (Å²) in [6, 6.07) is 7.54. The summed E-state index contributed by atoms with van der Waals surface area (Å²) in [6.07, 6.45) is 6.38. The molecular formula is C25H29N7O4. The van der Waals surface area contributed by atoms with Gasteiger partial charge in [0.25, 0.3) is 0 Å². The number of amides is 3. The third-order valence-electron chi connectivity index (χ3n) is 7.09. The summed E-state index contributed by atoms with van der Waals surface area (Å²) in [7, 11) is 3.16. The van der Waals surface area contributed by atoms with E-state index in [0.717, 1.165) is 16.9 Å². The molecule has 11 heteroatoms. The number of nitrogens with one attached hydrogen (secondary N) is 1. The number of piperidine rings is 1. The van der Waals surface area contributed by atoms with Crippen LogP contribution in [0, 0.1) is 0 Å². The Labute approximate surface area is 209 Å². The molecule has 0 aliphatic carbocycles. The van der Waals surface area contributed by atoms with Crippen LogP contribution in [0.1, 0.15) is 25.3 Å². The zero-order valence-electron chi connectivity index (χ0n) is 20.6. The van der Waals surface area contributed by atoms with Crippen molar-refractivity contribution < 1.29 is 19.1 Å². The molecule has 4 heterocycles. The molecule has 3 aromatic rings. The molecule has 0 atom stereocenters. The molecule has 1 aromatic carbocycles. The second-order valence-corrected chi connectivity index (χ2v) is 9.12. The average molecular weight is 492 g/mol. The quantitative estimate of drug-likeness (QED) is 0.563. The number of aromatic nitrogens is 4. The highest BCUT2D eigenvalue weighted by atomic mass is 16.5. The largest absolute Gasteiger partial charge is 0.497 e. The van der Waals surface area contributed by atoms with Crippen LogP contribution in [-0.2, 0) is 11.3 Å². The number of hydrogen-bond donors (Lipinski definition) is 1. The highest BCUT2D eigenvalue weighted by molar-refractivity contribution is 5.94. The van der Waals surface area contributed by atoms with E-state index in [4.69, 9.17) is 9.47 Å².